The normalized spacial score (nSPS) is 13.5. The minimum absolute atomic E-state index is 0.213. The summed E-state index contributed by atoms with van der Waals surface area (Å²) in [5, 5.41) is 4.23. The summed E-state index contributed by atoms with van der Waals surface area (Å²) in [6.45, 7) is 3.99. The van der Waals surface area contributed by atoms with Crippen LogP contribution in [-0.4, -0.2) is 15.8 Å². The van der Waals surface area contributed by atoms with E-state index < -0.39 is 0 Å². The van der Waals surface area contributed by atoms with Crippen LogP contribution in [-0.2, 0) is 13.5 Å². The van der Waals surface area contributed by atoms with E-state index in [1.54, 1.807) is 0 Å². The van der Waals surface area contributed by atoms with E-state index in [9.17, 15) is 0 Å². The highest BCUT2D eigenvalue weighted by Gasteiger charge is 2.03. The molecule has 1 aromatic rings. The fourth-order valence-corrected chi connectivity index (χ4v) is 1.19. The molecule has 0 aromatic carbocycles. The second-order valence-corrected chi connectivity index (χ2v) is 3.08. The van der Waals surface area contributed by atoms with Crippen LogP contribution in [0.4, 0.5) is 0 Å². The van der Waals surface area contributed by atoms with Gasteiger partial charge in [-0.15, -0.1) is 0 Å². The summed E-state index contributed by atoms with van der Waals surface area (Å²) in [7, 11) is 1.95. The van der Waals surface area contributed by atoms with Crippen molar-refractivity contribution < 1.29 is 0 Å². The Labute approximate surface area is 67.2 Å². The summed E-state index contributed by atoms with van der Waals surface area (Å²) in [5.41, 5.74) is 7.93. The smallest absolute Gasteiger partial charge is 0.0596 e. The van der Waals surface area contributed by atoms with Crippen LogP contribution >= 0.6 is 0 Å². The first-order valence-electron chi connectivity index (χ1n) is 3.84. The van der Waals surface area contributed by atoms with E-state index in [1.165, 1.54) is 5.69 Å². The Morgan fingerprint density at radius 2 is 2.36 bits per heavy atom. The van der Waals surface area contributed by atoms with E-state index >= 15 is 0 Å². The second kappa shape index (κ2) is 3.05. The largest absolute Gasteiger partial charge is 0.328 e. The first-order chi connectivity index (χ1) is 5.09. The van der Waals surface area contributed by atoms with Crippen LogP contribution in [0.5, 0.6) is 0 Å². The maximum atomic E-state index is 5.66. The van der Waals surface area contributed by atoms with Gasteiger partial charge in [-0.25, -0.2) is 0 Å². The first kappa shape index (κ1) is 8.27. The first-order valence-corrected chi connectivity index (χ1v) is 3.84. The number of aromatic nitrogens is 2. The number of hydrogen-bond donors (Lipinski definition) is 1. The van der Waals surface area contributed by atoms with Crippen molar-refractivity contribution in [2.24, 2.45) is 12.8 Å². The predicted octanol–water partition coefficient (Wildman–Crippen LogP) is 0.618. The van der Waals surface area contributed by atoms with Gasteiger partial charge in [-0.1, -0.05) is 0 Å². The highest BCUT2D eigenvalue weighted by Crippen LogP contribution is 2.03. The molecular formula is C8H15N3. The van der Waals surface area contributed by atoms with Gasteiger partial charge < -0.3 is 5.73 Å². The summed E-state index contributed by atoms with van der Waals surface area (Å²) < 4.78 is 1.89. The van der Waals surface area contributed by atoms with Gasteiger partial charge in [0.25, 0.3) is 0 Å². The van der Waals surface area contributed by atoms with Gasteiger partial charge in [-0.2, -0.15) is 5.10 Å². The third kappa shape index (κ3) is 2.05. The van der Waals surface area contributed by atoms with Crippen molar-refractivity contribution in [1.82, 2.24) is 9.78 Å². The molecule has 0 amide bonds. The van der Waals surface area contributed by atoms with Gasteiger partial charge in [0, 0.05) is 25.2 Å². The van der Waals surface area contributed by atoms with Crippen LogP contribution in [0.2, 0.25) is 0 Å². The van der Waals surface area contributed by atoms with Gasteiger partial charge in [0.15, 0.2) is 0 Å². The van der Waals surface area contributed by atoms with Gasteiger partial charge in [0.2, 0.25) is 0 Å². The van der Waals surface area contributed by atoms with E-state index in [1.807, 2.05) is 25.6 Å². The molecule has 0 bridgehead atoms. The molecule has 1 atom stereocenters. The van der Waals surface area contributed by atoms with Crippen LogP contribution in [0.3, 0.4) is 0 Å². The van der Waals surface area contributed by atoms with Crippen LogP contribution < -0.4 is 5.73 Å². The molecule has 0 radical (unpaired) electrons. The maximum absolute atomic E-state index is 5.66. The number of nitrogens with zero attached hydrogens (tertiary/aromatic N) is 2. The van der Waals surface area contributed by atoms with Crippen molar-refractivity contribution in [3.05, 3.63) is 17.5 Å². The van der Waals surface area contributed by atoms with Crippen LogP contribution in [0.1, 0.15) is 18.3 Å². The lowest BCUT2D eigenvalue weighted by molar-refractivity contribution is 0.648. The Balaban J connectivity index is 2.77. The van der Waals surface area contributed by atoms with E-state index in [0.29, 0.717) is 0 Å². The Morgan fingerprint density at radius 1 is 1.73 bits per heavy atom. The molecule has 2 N–H and O–H groups in total. The molecule has 62 valence electrons. The Bertz CT molecular complexity index is 237. The number of rotatable bonds is 2. The highest BCUT2D eigenvalue weighted by molar-refractivity contribution is 5.09. The molecule has 11 heavy (non-hydrogen) atoms. The van der Waals surface area contributed by atoms with Crippen LogP contribution in [0.25, 0.3) is 0 Å². The van der Waals surface area contributed by atoms with E-state index in [2.05, 4.69) is 11.2 Å². The summed E-state index contributed by atoms with van der Waals surface area (Å²) in [6, 6.07) is 2.29. The lowest BCUT2D eigenvalue weighted by Crippen LogP contribution is -2.19. The van der Waals surface area contributed by atoms with Gasteiger partial charge in [0.05, 0.1) is 5.69 Å². The standard InChI is InChI=1S/C8H15N3/c1-6(9)4-8-5-7(2)10-11(8)3/h5-6H,4,9H2,1-3H3/t6-/m1/s1. The maximum Gasteiger partial charge on any atom is 0.0596 e. The van der Waals surface area contributed by atoms with E-state index in [4.69, 9.17) is 5.73 Å². The molecule has 0 saturated heterocycles. The Hall–Kier alpha value is -0.830. The highest BCUT2D eigenvalue weighted by atomic mass is 15.3. The molecule has 0 aliphatic rings. The summed E-state index contributed by atoms with van der Waals surface area (Å²) in [5.74, 6) is 0. The third-order valence-electron chi connectivity index (χ3n) is 1.63. The molecule has 3 nitrogen and oxygen atoms in total. The minimum Gasteiger partial charge on any atom is -0.328 e. The van der Waals surface area contributed by atoms with Gasteiger partial charge >= 0.3 is 0 Å². The fourth-order valence-electron chi connectivity index (χ4n) is 1.19. The monoisotopic (exact) mass is 153 g/mol. The van der Waals surface area contributed by atoms with Crippen molar-refractivity contribution in [3.63, 3.8) is 0 Å². The van der Waals surface area contributed by atoms with Gasteiger partial charge in [-0.3, -0.25) is 4.68 Å². The SMILES string of the molecule is Cc1cc(C[C@@H](C)N)n(C)n1. The lowest BCUT2D eigenvalue weighted by Gasteiger charge is -2.03. The number of hydrogen-bond acceptors (Lipinski definition) is 2. The summed E-state index contributed by atoms with van der Waals surface area (Å²) >= 11 is 0. The predicted molar refractivity (Wildman–Crippen MR) is 45.3 cm³/mol. The average Bonchev–Trinajstić information content (AvgIpc) is 2.09. The molecule has 0 unspecified atom stereocenters. The molecule has 0 spiro atoms. The van der Waals surface area contributed by atoms with Gasteiger partial charge in [0.1, 0.15) is 0 Å². The lowest BCUT2D eigenvalue weighted by atomic mass is 10.2. The molecule has 0 fully saturated rings. The van der Waals surface area contributed by atoms with Crippen molar-refractivity contribution in [2.45, 2.75) is 26.3 Å². The topological polar surface area (TPSA) is 43.8 Å². The van der Waals surface area contributed by atoms with E-state index in [-0.39, 0.29) is 6.04 Å². The molecule has 1 rings (SSSR count). The number of aryl methyl sites for hydroxylation is 2. The molecule has 0 aliphatic carbocycles. The quantitative estimate of drug-likeness (QED) is 0.676. The molecule has 0 aliphatic heterocycles. The molecule has 1 heterocycles. The van der Waals surface area contributed by atoms with Crippen molar-refractivity contribution in [1.29, 1.82) is 0 Å². The van der Waals surface area contributed by atoms with Crippen LogP contribution in [0.15, 0.2) is 6.07 Å². The average molecular weight is 153 g/mol. The van der Waals surface area contributed by atoms with Crippen molar-refractivity contribution >= 4 is 0 Å². The van der Waals surface area contributed by atoms with Crippen molar-refractivity contribution in [2.75, 3.05) is 0 Å². The molecule has 0 saturated carbocycles. The van der Waals surface area contributed by atoms with Crippen LogP contribution in [0, 0.1) is 6.92 Å². The zero-order valence-electron chi connectivity index (χ0n) is 7.33. The fraction of sp³-hybridized carbons (Fsp3) is 0.625. The zero-order chi connectivity index (χ0) is 8.43. The second-order valence-electron chi connectivity index (χ2n) is 3.08. The molecular weight excluding hydrogens is 138 g/mol. The third-order valence-corrected chi connectivity index (χ3v) is 1.63. The van der Waals surface area contributed by atoms with Gasteiger partial charge in [-0.05, 0) is 19.9 Å². The molecule has 3 heteroatoms. The molecule has 1 aromatic heterocycles. The van der Waals surface area contributed by atoms with Crippen molar-refractivity contribution in [3.8, 4) is 0 Å². The summed E-state index contributed by atoms with van der Waals surface area (Å²) in [6.07, 6.45) is 0.900. The number of nitrogens with two attached hydrogens (primary N) is 1. The Morgan fingerprint density at radius 3 is 2.73 bits per heavy atom. The zero-order valence-corrected chi connectivity index (χ0v) is 7.33. The Kier molecular flexibility index (Phi) is 2.29. The minimum atomic E-state index is 0.213. The van der Waals surface area contributed by atoms with E-state index in [0.717, 1.165) is 12.1 Å². The summed E-state index contributed by atoms with van der Waals surface area (Å²) in [4.78, 5) is 0.